The fourth-order valence-electron chi connectivity index (χ4n) is 2.13. The van der Waals surface area contributed by atoms with E-state index in [1.165, 1.54) is 6.07 Å². The van der Waals surface area contributed by atoms with Crippen LogP contribution in [-0.4, -0.2) is 22.1 Å². The van der Waals surface area contributed by atoms with Crippen molar-refractivity contribution in [2.45, 2.75) is 27.2 Å². The molecular weight excluding hydrogens is 272 g/mol. The molecule has 110 valence electrons. The van der Waals surface area contributed by atoms with Crippen molar-refractivity contribution in [2.24, 2.45) is 0 Å². The molecule has 1 amide bonds. The average molecular weight is 288 g/mol. The van der Waals surface area contributed by atoms with Crippen molar-refractivity contribution < 1.29 is 19.2 Å². The van der Waals surface area contributed by atoms with E-state index in [0.29, 0.717) is 34.7 Å². The van der Waals surface area contributed by atoms with Gasteiger partial charge in [-0.25, -0.2) is 4.79 Å². The lowest BCUT2D eigenvalue weighted by Gasteiger charge is -2.07. The molecule has 0 unspecified atom stereocenters. The number of carbonyl (C=O) groups excluding carboxylic acids is 1. The van der Waals surface area contributed by atoms with Gasteiger partial charge in [-0.15, -0.1) is 0 Å². The predicted octanol–water partition coefficient (Wildman–Crippen LogP) is 2.80. The highest BCUT2D eigenvalue weighted by atomic mass is 16.5. The van der Waals surface area contributed by atoms with E-state index in [2.05, 4.69) is 10.5 Å². The number of nitrogens with zero attached hydrogens (tertiary/aromatic N) is 1. The summed E-state index contributed by atoms with van der Waals surface area (Å²) < 4.78 is 5.03. The Morgan fingerprint density at radius 1 is 1.33 bits per heavy atom. The van der Waals surface area contributed by atoms with Gasteiger partial charge in [0.05, 0.1) is 11.3 Å². The number of benzene rings is 1. The van der Waals surface area contributed by atoms with Gasteiger partial charge in [-0.2, -0.15) is 0 Å². The molecule has 2 N–H and O–H groups in total. The van der Waals surface area contributed by atoms with Crippen LogP contribution < -0.4 is 5.32 Å². The molecule has 0 spiro atoms. The summed E-state index contributed by atoms with van der Waals surface area (Å²) in [6, 6.07) is 4.65. The van der Waals surface area contributed by atoms with Gasteiger partial charge in [0.2, 0.25) is 0 Å². The molecule has 2 aromatic rings. The van der Waals surface area contributed by atoms with Gasteiger partial charge in [-0.1, -0.05) is 12.1 Å². The van der Waals surface area contributed by atoms with Crippen molar-refractivity contribution in [3.05, 3.63) is 46.3 Å². The number of rotatable bonds is 4. The molecule has 0 aliphatic carbocycles. The molecule has 0 aliphatic rings. The second-order valence-electron chi connectivity index (χ2n) is 4.70. The number of carboxylic acids is 1. The van der Waals surface area contributed by atoms with Gasteiger partial charge in [0.15, 0.2) is 0 Å². The van der Waals surface area contributed by atoms with Crippen molar-refractivity contribution in [1.82, 2.24) is 5.16 Å². The molecule has 0 atom stereocenters. The second-order valence-corrected chi connectivity index (χ2v) is 4.70. The monoisotopic (exact) mass is 288 g/mol. The van der Waals surface area contributed by atoms with Crippen molar-refractivity contribution in [3.63, 3.8) is 0 Å². The number of anilines is 1. The summed E-state index contributed by atoms with van der Waals surface area (Å²) in [5, 5.41) is 15.6. The Morgan fingerprint density at radius 3 is 2.62 bits per heavy atom. The number of carboxylic acid groups (broad SMARTS) is 1. The summed E-state index contributed by atoms with van der Waals surface area (Å²) in [6.45, 7) is 5.25. The average Bonchev–Trinajstić information content (AvgIpc) is 2.79. The fourth-order valence-corrected chi connectivity index (χ4v) is 2.13. The first-order chi connectivity index (χ1) is 9.93. The van der Waals surface area contributed by atoms with Crippen LogP contribution in [0.3, 0.4) is 0 Å². The minimum Gasteiger partial charge on any atom is -0.478 e. The molecule has 6 heteroatoms. The second kappa shape index (κ2) is 5.78. The first-order valence-electron chi connectivity index (χ1n) is 6.54. The first-order valence-corrected chi connectivity index (χ1v) is 6.54. The molecule has 0 fully saturated rings. The third kappa shape index (κ3) is 2.94. The lowest BCUT2D eigenvalue weighted by Crippen LogP contribution is -2.14. The summed E-state index contributed by atoms with van der Waals surface area (Å²) in [7, 11) is 0. The predicted molar refractivity (Wildman–Crippen MR) is 76.7 cm³/mol. The minimum atomic E-state index is -0.992. The van der Waals surface area contributed by atoms with Crippen LogP contribution in [0.25, 0.3) is 0 Å². The van der Waals surface area contributed by atoms with Crippen molar-refractivity contribution in [3.8, 4) is 0 Å². The molecule has 0 saturated heterocycles. The summed E-state index contributed by atoms with van der Waals surface area (Å²) in [5.74, 6) is -0.843. The molecule has 0 radical (unpaired) electrons. The lowest BCUT2D eigenvalue weighted by molar-refractivity contribution is 0.0696. The van der Waals surface area contributed by atoms with Gasteiger partial charge in [-0.05, 0) is 44.0 Å². The number of hydrogen-bond acceptors (Lipinski definition) is 4. The minimum absolute atomic E-state index is 0.211. The van der Waals surface area contributed by atoms with E-state index in [-0.39, 0.29) is 11.5 Å². The normalized spacial score (nSPS) is 10.4. The van der Waals surface area contributed by atoms with Crippen molar-refractivity contribution >= 4 is 17.6 Å². The third-order valence-corrected chi connectivity index (χ3v) is 3.21. The molecule has 21 heavy (non-hydrogen) atoms. The van der Waals surface area contributed by atoms with Crippen LogP contribution in [0, 0.1) is 13.8 Å². The highest BCUT2D eigenvalue weighted by molar-refractivity contribution is 6.06. The molecular formula is C15H16N2O4. The van der Waals surface area contributed by atoms with Crippen molar-refractivity contribution in [2.75, 3.05) is 5.32 Å². The summed E-state index contributed by atoms with van der Waals surface area (Å²) in [5.41, 5.74) is 2.35. The van der Waals surface area contributed by atoms with E-state index in [1.807, 2.05) is 6.92 Å². The Kier molecular flexibility index (Phi) is 4.07. The fraction of sp³-hybridized carbons (Fsp3) is 0.267. The van der Waals surface area contributed by atoms with Crippen LogP contribution in [0.4, 0.5) is 5.69 Å². The quantitative estimate of drug-likeness (QED) is 0.902. The van der Waals surface area contributed by atoms with Crippen LogP contribution in [0.2, 0.25) is 0 Å². The number of hydrogen-bond donors (Lipinski definition) is 2. The topological polar surface area (TPSA) is 92.4 Å². The summed E-state index contributed by atoms with van der Waals surface area (Å²) in [6.07, 6.45) is 0.594. The zero-order valence-corrected chi connectivity index (χ0v) is 12.1. The molecule has 1 heterocycles. The van der Waals surface area contributed by atoms with Crippen molar-refractivity contribution in [1.29, 1.82) is 0 Å². The number of aromatic nitrogens is 1. The smallest absolute Gasteiger partial charge is 0.335 e. The Bertz CT molecular complexity index is 704. The van der Waals surface area contributed by atoms with Gasteiger partial charge in [0, 0.05) is 5.69 Å². The number of aryl methyl sites for hydroxylation is 3. The Morgan fingerprint density at radius 2 is 2.05 bits per heavy atom. The Balaban J connectivity index is 2.26. The van der Waals surface area contributed by atoms with Crippen LogP contribution in [-0.2, 0) is 6.42 Å². The zero-order chi connectivity index (χ0) is 15.6. The van der Waals surface area contributed by atoms with Crippen LogP contribution in [0.15, 0.2) is 22.7 Å². The van der Waals surface area contributed by atoms with Gasteiger partial charge >= 0.3 is 5.97 Å². The van der Waals surface area contributed by atoms with Gasteiger partial charge < -0.3 is 14.9 Å². The van der Waals surface area contributed by atoms with E-state index in [4.69, 9.17) is 9.63 Å². The third-order valence-electron chi connectivity index (χ3n) is 3.21. The maximum Gasteiger partial charge on any atom is 0.335 e. The molecule has 1 aromatic heterocycles. The zero-order valence-electron chi connectivity index (χ0n) is 12.1. The van der Waals surface area contributed by atoms with Crippen LogP contribution in [0.5, 0.6) is 0 Å². The first kappa shape index (κ1) is 14.8. The van der Waals surface area contributed by atoms with Gasteiger partial charge in [0.1, 0.15) is 11.3 Å². The number of carbonyl (C=O) groups is 2. The standard InChI is InChI=1S/C15H16N2O4/c1-4-12-13(9(3)21-17-12)14(18)16-10-5-6-11(15(19)20)8(2)7-10/h5-7H,4H2,1-3H3,(H,16,18)(H,19,20). The van der Waals surface area contributed by atoms with E-state index >= 15 is 0 Å². The van der Waals surface area contributed by atoms with E-state index in [9.17, 15) is 9.59 Å². The van der Waals surface area contributed by atoms with Gasteiger partial charge in [-0.3, -0.25) is 4.79 Å². The van der Waals surface area contributed by atoms with E-state index in [1.54, 1.807) is 26.0 Å². The van der Waals surface area contributed by atoms with Gasteiger partial charge in [0.25, 0.3) is 5.91 Å². The number of aromatic carboxylic acids is 1. The van der Waals surface area contributed by atoms with E-state index in [0.717, 1.165) is 0 Å². The molecule has 2 rings (SSSR count). The van der Waals surface area contributed by atoms with Crippen LogP contribution in [0.1, 0.15) is 44.7 Å². The number of nitrogens with one attached hydrogen (secondary N) is 1. The molecule has 0 saturated carbocycles. The highest BCUT2D eigenvalue weighted by Crippen LogP contribution is 2.19. The lowest BCUT2D eigenvalue weighted by atomic mass is 10.1. The number of amides is 1. The maximum absolute atomic E-state index is 12.3. The molecule has 0 bridgehead atoms. The van der Waals surface area contributed by atoms with Crippen LogP contribution >= 0.6 is 0 Å². The largest absolute Gasteiger partial charge is 0.478 e. The molecule has 6 nitrogen and oxygen atoms in total. The SMILES string of the molecule is CCc1noc(C)c1C(=O)Nc1ccc(C(=O)O)c(C)c1. The molecule has 0 aliphatic heterocycles. The highest BCUT2D eigenvalue weighted by Gasteiger charge is 2.19. The summed E-state index contributed by atoms with van der Waals surface area (Å²) in [4.78, 5) is 23.2. The Labute approximate surface area is 121 Å². The van der Waals surface area contributed by atoms with E-state index < -0.39 is 5.97 Å². The summed E-state index contributed by atoms with van der Waals surface area (Å²) >= 11 is 0. The molecule has 1 aromatic carbocycles. The Hall–Kier alpha value is -2.63. The maximum atomic E-state index is 12.3.